The smallest absolute Gasteiger partial charge is 0.136 e. The predicted octanol–water partition coefficient (Wildman–Crippen LogP) is 2.70. The summed E-state index contributed by atoms with van der Waals surface area (Å²) < 4.78 is 5.43. The molecule has 14 heavy (non-hydrogen) atoms. The largest absolute Gasteiger partial charge is 0.370 e. The molecule has 1 aliphatic carbocycles. The number of rotatable bonds is 5. The van der Waals surface area contributed by atoms with Gasteiger partial charge in [0.15, 0.2) is 0 Å². The summed E-state index contributed by atoms with van der Waals surface area (Å²) >= 11 is 0. The zero-order valence-corrected chi connectivity index (χ0v) is 9.00. The SMILES string of the molecule is CCCCCC(=O)C1CCC2OC2C1. The van der Waals surface area contributed by atoms with E-state index in [-0.39, 0.29) is 0 Å². The van der Waals surface area contributed by atoms with E-state index >= 15 is 0 Å². The van der Waals surface area contributed by atoms with Gasteiger partial charge >= 0.3 is 0 Å². The maximum absolute atomic E-state index is 11.8. The molecule has 3 atom stereocenters. The third kappa shape index (κ3) is 2.35. The van der Waals surface area contributed by atoms with E-state index in [2.05, 4.69) is 6.92 Å². The highest BCUT2D eigenvalue weighted by Crippen LogP contribution is 2.40. The van der Waals surface area contributed by atoms with Gasteiger partial charge in [-0.3, -0.25) is 4.79 Å². The molecule has 0 aromatic rings. The Kier molecular flexibility index (Phi) is 3.22. The van der Waals surface area contributed by atoms with Crippen LogP contribution in [-0.4, -0.2) is 18.0 Å². The number of ether oxygens (including phenoxy) is 1. The average Bonchev–Trinajstić information content (AvgIpc) is 2.95. The summed E-state index contributed by atoms with van der Waals surface area (Å²) in [6, 6.07) is 0. The molecule has 0 aromatic heterocycles. The molecule has 1 aliphatic heterocycles. The summed E-state index contributed by atoms with van der Waals surface area (Å²) in [6.07, 6.45) is 8.46. The average molecular weight is 196 g/mol. The van der Waals surface area contributed by atoms with Gasteiger partial charge in [0, 0.05) is 12.3 Å². The third-order valence-corrected chi connectivity index (χ3v) is 3.49. The lowest BCUT2D eigenvalue weighted by Gasteiger charge is -2.17. The number of epoxide rings is 1. The van der Waals surface area contributed by atoms with Crippen molar-refractivity contribution in [3.63, 3.8) is 0 Å². The van der Waals surface area contributed by atoms with Crippen molar-refractivity contribution in [3.8, 4) is 0 Å². The molecule has 80 valence electrons. The molecule has 0 amide bonds. The highest BCUT2D eigenvalue weighted by Gasteiger charge is 2.45. The fraction of sp³-hybridized carbons (Fsp3) is 0.917. The van der Waals surface area contributed by atoms with Crippen LogP contribution in [0.5, 0.6) is 0 Å². The van der Waals surface area contributed by atoms with Gasteiger partial charge in [0.1, 0.15) is 5.78 Å². The lowest BCUT2D eigenvalue weighted by molar-refractivity contribution is -0.123. The van der Waals surface area contributed by atoms with E-state index in [0.717, 1.165) is 32.1 Å². The number of ketones is 1. The second kappa shape index (κ2) is 4.43. The van der Waals surface area contributed by atoms with Crippen molar-refractivity contribution >= 4 is 5.78 Å². The Morgan fingerprint density at radius 1 is 1.29 bits per heavy atom. The van der Waals surface area contributed by atoms with Crippen molar-refractivity contribution in [2.45, 2.75) is 64.1 Å². The van der Waals surface area contributed by atoms with Crippen LogP contribution >= 0.6 is 0 Å². The predicted molar refractivity (Wildman–Crippen MR) is 55.2 cm³/mol. The molecule has 2 aliphatic rings. The summed E-state index contributed by atoms with van der Waals surface area (Å²) in [7, 11) is 0. The van der Waals surface area contributed by atoms with Crippen LogP contribution in [0.15, 0.2) is 0 Å². The van der Waals surface area contributed by atoms with Crippen molar-refractivity contribution in [1.29, 1.82) is 0 Å². The van der Waals surface area contributed by atoms with Crippen molar-refractivity contribution in [2.75, 3.05) is 0 Å². The summed E-state index contributed by atoms with van der Waals surface area (Å²) in [6.45, 7) is 2.17. The minimum atomic E-state index is 0.329. The van der Waals surface area contributed by atoms with Crippen LogP contribution in [0.1, 0.15) is 51.9 Å². The standard InChI is InChI=1S/C12H20O2/c1-2-3-4-5-10(13)9-6-7-11-12(8-9)14-11/h9,11-12H,2-8H2,1H3. The highest BCUT2D eigenvalue weighted by molar-refractivity contribution is 5.81. The number of unbranched alkanes of at least 4 members (excludes halogenated alkanes) is 2. The van der Waals surface area contributed by atoms with E-state index in [1.165, 1.54) is 12.8 Å². The summed E-state index contributed by atoms with van der Waals surface area (Å²) in [5, 5.41) is 0. The van der Waals surface area contributed by atoms with Gasteiger partial charge in [-0.15, -0.1) is 0 Å². The normalized spacial score (nSPS) is 35.1. The van der Waals surface area contributed by atoms with Crippen LogP contribution in [-0.2, 0) is 9.53 Å². The molecule has 2 heteroatoms. The Morgan fingerprint density at radius 3 is 2.86 bits per heavy atom. The molecule has 1 saturated carbocycles. The molecule has 3 unspecified atom stereocenters. The second-order valence-corrected chi connectivity index (χ2v) is 4.65. The molecular formula is C12H20O2. The molecule has 2 rings (SSSR count). The van der Waals surface area contributed by atoms with E-state index in [1.54, 1.807) is 0 Å². The Balaban J connectivity index is 1.68. The summed E-state index contributed by atoms with van der Waals surface area (Å²) in [4.78, 5) is 11.8. The second-order valence-electron chi connectivity index (χ2n) is 4.65. The minimum Gasteiger partial charge on any atom is -0.370 e. The molecule has 0 spiro atoms. The fourth-order valence-corrected chi connectivity index (χ4v) is 2.45. The fourth-order valence-electron chi connectivity index (χ4n) is 2.45. The first-order chi connectivity index (χ1) is 6.81. The Bertz CT molecular complexity index is 212. The number of Topliss-reactive ketones (excluding diaryl/α,β-unsaturated/α-hetero) is 1. The molecule has 0 radical (unpaired) electrons. The molecular weight excluding hydrogens is 176 g/mol. The first-order valence-corrected chi connectivity index (χ1v) is 5.99. The van der Waals surface area contributed by atoms with E-state index in [4.69, 9.17) is 4.74 Å². The summed E-state index contributed by atoms with van der Waals surface area (Å²) in [5.74, 6) is 0.822. The van der Waals surface area contributed by atoms with E-state index in [0.29, 0.717) is 23.9 Å². The number of hydrogen-bond donors (Lipinski definition) is 0. The van der Waals surface area contributed by atoms with Crippen LogP contribution in [0.25, 0.3) is 0 Å². The van der Waals surface area contributed by atoms with Gasteiger partial charge in [0.2, 0.25) is 0 Å². The Labute approximate surface area is 86.0 Å². The first kappa shape index (κ1) is 10.2. The Hall–Kier alpha value is -0.370. The third-order valence-electron chi connectivity index (χ3n) is 3.49. The number of carbonyl (C=O) groups is 1. The van der Waals surface area contributed by atoms with Crippen LogP contribution in [0.2, 0.25) is 0 Å². The van der Waals surface area contributed by atoms with Crippen molar-refractivity contribution < 1.29 is 9.53 Å². The van der Waals surface area contributed by atoms with Crippen molar-refractivity contribution in [2.24, 2.45) is 5.92 Å². The molecule has 2 fully saturated rings. The molecule has 0 bridgehead atoms. The topological polar surface area (TPSA) is 29.6 Å². The molecule has 0 aromatic carbocycles. The number of carbonyl (C=O) groups excluding carboxylic acids is 1. The lowest BCUT2D eigenvalue weighted by atomic mass is 9.84. The zero-order valence-electron chi connectivity index (χ0n) is 9.00. The van der Waals surface area contributed by atoms with Crippen LogP contribution in [0.3, 0.4) is 0 Å². The summed E-state index contributed by atoms with van der Waals surface area (Å²) in [5.41, 5.74) is 0. The highest BCUT2D eigenvalue weighted by atomic mass is 16.6. The molecule has 1 saturated heterocycles. The zero-order chi connectivity index (χ0) is 9.97. The lowest BCUT2D eigenvalue weighted by Crippen LogP contribution is -2.21. The van der Waals surface area contributed by atoms with Gasteiger partial charge in [0.25, 0.3) is 0 Å². The monoisotopic (exact) mass is 196 g/mol. The Morgan fingerprint density at radius 2 is 2.14 bits per heavy atom. The molecule has 0 N–H and O–H groups in total. The molecule has 1 heterocycles. The van der Waals surface area contributed by atoms with E-state index in [1.807, 2.05) is 0 Å². The van der Waals surface area contributed by atoms with Crippen LogP contribution < -0.4 is 0 Å². The van der Waals surface area contributed by atoms with Gasteiger partial charge in [-0.05, 0) is 25.7 Å². The maximum atomic E-state index is 11.8. The van der Waals surface area contributed by atoms with Gasteiger partial charge in [-0.25, -0.2) is 0 Å². The van der Waals surface area contributed by atoms with Gasteiger partial charge in [-0.2, -0.15) is 0 Å². The van der Waals surface area contributed by atoms with Crippen LogP contribution in [0.4, 0.5) is 0 Å². The van der Waals surface area contributed by atoms with Crippen molar-refractivity contribution in [3.05, 3.63) is 0 Å². The van der Waals surface area contributed by atoms with Gasteiger partial charge in [-0.1, -0.05) is 19.8 Å². The van der Waals surface area contributed by atoms with Gasteiger partial charge < -0.3 is 4.74 Å². The van der Waals surface area contributed by atoms with Gasteiger partial charge in [0.05, 0.1) is 12.2 Å². The van der Waals surface area contributed by atoms with Crippen molar-refractivity contribution in [1.82, 2.24) is 0 Å². The molecule has 2 nitrogen and oxygen atoms in total. The minimum absolute atomic E-state index is 0.329. The maximum Gasteiger partial charge on any atom is 0.136 e. The first-order valence-electron chi connectivity index (χ1n) is 5.99. The quantitative estimate of drug-likeness (QED) is 0.500. The number of fused-ring (bicyclic) bond motifs is 1. The van der Waals surface area contributed by atoms with E-state index < -0.39 is 0 Å². The number of hydrogen-bond acceptors (Lipinski definition) is 2. The van der Waals surface area contributed by atoms with Crippen LogP contribution in [0, 0.1) is 5.92 Å². The van der Waals surface area contributed by atoms with E-state index in [9.17, 15) is 4.79 Å².